The Balaban J connectivity index is 3.57. The minimum atomic E-state index is -3.88. The first-order chi connectivity index (χ1) is 7.60. The predicted octanol–water partition coefficient (Wildman–Crippen LogP) is 1.35. The SMILES string of the molecule is CC(CCCCS(=O)(=O)O)CCCS(=O)(=O)O. The lowest BCUT2D eigenvalue weighted by atomic mass is 10.00. The molecule has 0 aromatic heterocycles. The second kappa shape index (κ2) is 7.30. The highest BCUT2D eigenvalue weighted by atomic mass is 32.2. The minimum Gasteiger partial charge on any atom is -0.286 e. The highest BCUT2D eigenvalue weighted by molar-refractivity contribution is 7.86. The Hall–Kier alpha value is -0.180. The van der Waals surface area contributed by atoms with E-state index in [9.17, 15) is 16.8 Å². The van der Waals surface area contributed by atoms with Gasteiger partial charge in [-0.05, 0) is 25.2 Å². The van der Waals surface area contributed by atoms with Gasteiger partial charge in [0.05, 0.1) is 11.5 Å². The molecule has 8 heteroatoms. The first-order valence-corrected chi connectivity index (χ1v) is 8.72. The molecule has 0 heterocycles. The van der Waals surface area contributed by atoms with E-state index in [1.54, 1.807) is 0 Å². The monoisotopic (exact) mass is 288 g/mol. The first kappa shape index (κ1) is 16.8. The Labute approximate surface area is 103 Å². The Morgan fingerprint density at radius 1 is 0.824 bits per heavy atom. The van der Waals surface area contributed by atoms with Gasteiger partial charge in [-0.1, -0.05) is 19.8 Å². The zero-order chi connectivity index (χ0) is 13.5. The number of hydrogen-bond acceptors (Lipinski definition) is 4. The fraction of sp³-hybridized carbons (Fsp3) is 1.00. The van der Waals surface area contributed by atoms with Crippen LogP contribution in [0.1, 0.15) is 39.0 Å². The van der Waals surface area contributed by atoms with Crippen molar-refractivity contribution < 1.29 is 25.9 Å². The highest BCUT2D eigenvalue weighted by Crippen LogP contribution is 2.14. The van der Waals surface area contributed by atoms with Crippen molar-refractivity contribution in [1.82, 2.24) is 0 Å². The van der Waals surface area contributed by atoms with E-state index in [0.717, 1.165) is 6.42 Å². The molecule has 0 spiro atoms. The average molecular weight is 288 g/mol. The standard InChI is InChI=1S/C9H20O6S2/c1-9(6-4-8-17(13,14)15)5-2-3-7-16(10,11)12/h9H,2-8H2,1H3,(H,10,11,12)(H,13,14,15). The normalized spacial score (nSPS) is 14.8. The molecule has 0 saturated carbocycles. The summed E-state index contributed by atoms with van der Waals surface area (Å²) in [4.78, 5) is 0. The van der Waals surface area contributed by atoms with Crippen molar-refractivity contribution in [3.05, 3.63) is 0 Å². The lowest BCUT2D eigenvalue weighted by molar-refractivity contribution is 0.445. The molecule has 1 atom stereocenters. The molecule has 0 bridgehead atoms. The summed E-state index contributed by atoms with van der Waals surface area (Å²) >= 11 is 0. The van der Waals surface area contributed by atoms with Gasteiger partial charge in [0.2, 0.25) is 0 Å². The Bertz CT molecular complexity index is 397. The maximum absolute atomic E-state index is 10.4. The molecule has 0 aliphatic heterocycles. The zero-order valence-electron chi connectivity index (χ0n) is 9.87. The lowest BCUT2D eigenvalue weighted by Gasteiger charge is -2.09. The van der Waals surface area contributed by atoms with Crippen molar-refractivity contribution in [3.8, 4) is 0 Å². The molecule has 0 aromatic carbocycles. The van der Waals surface area contributed by atoms with Gasteiger partial charge in [-0.15, -0.1) is 0 Å². The van der Waals surface area contributed by atoms with Crippen LogP contribution in [0.15, 0.2) is 0 Å². The van der Waals surface area contributed by atoms with Crippen LogP contribution < -0.4 is 0 Å². The van der Waals surface area contributed by atoms with Crippen LogP contribution in [-0.2, 0) is 20.2 Å². The second-order valence-corrected chi connectivity index (χ2v) is 7.46. The summed E-state index contributed by atoms with van der Waals surface area (Å²) in [6.45, 7) is 1.94. The van der Waals surface area contributed by atoms with E-state index in [0.29, 0.717) is 25.7 Å². The third-order valence-electron chi connectivity index (χ3n) is 2.45. The number of hydrogen-bond donors (Lipinski definition) is 2. The lowest BCUT2D eigenvalue weighted by Crippen LogP contribution is -2.07. The van der Waals surface area contributed by atoms with Crippen LogP contribution in [0.2, 0.25) is 0 Å². The van der Waals surface area contributed by atoms with Crippen LogP contribution in [0.25, 0.3) is 0 Å². The van der Waals surface area contributed by atoms with Crippen LogP contribution in [0.4, 0.5) is 0 Å². The largest absolute Gasteiger partial charge is 0.286 e. The van der Waals surface area contributed by atoms with Gasteiger partial charge in [0.25, 0.3) is 20.2 Å². The summed E-state index contributed by atoms with van der Waals surface area (Å²) in [7, 11) is -7.75. The van der Waals surface area contributed by atoms with Gasteiger partial charge in [-0.3, -0.25) is 9.11 Å². The summed E-state index contributed by atoms with van der Waals surface area (Å²) in [5.41, 5.74) is 0. The van der Waals surface area contributed by atoms with Crippen LogP contribution in [0.3, 0.4) is 0 Å². The van der Waals surface area contributed by atoms with Crippen LogP contribution in [-0.4, -0.2) is 37.4 Å². The quantitative estimate of drug-likeness (QED) is 0.489. The summed E-state index contributed by atoms with van der Waals surface area (Å²) < 4.78 is 58.7. The molecular formula is C9H20O6S2. The number of rotatable bonds is 9. The van der Waals surface area contributed by atoms with E-state index in [1.165, 1.54) is 0 Å². The zero-order valence-corrected chi connectivity index (χ0v) is 11.5. The van der Waals surface area contributed by atoms with Crippen molar-refractivity contribution in [2.24, 2.45) is 5.92 Å². The molecule has 104 valence electrons. The third kappa shape index (κ3) is 13.8. The van der Waals surface area contributed by atoms with Gasteiger partial charge in [0, 0.05) is 0 Å². The Kier molecular flexibility index (Phi) is 7.22. The third-order valence-corrected chi connectivity index (χ3v) is 4.06. The molecular weight excluding hydrogens is 268 g/mol. The Morgan fingerprint density at radius 3 is 1.71 bits per heavy atom. The number of unbranched alkanes of at least 4 members (excludes halogenated alkanes) is 1. The van der Waals surface area contributed by atoms with Crippen molar-refractivity contribution in [2.75, 3.05) is 11.5 Å². The molecule has 0 saturated heterocycles. The van der Waals surface area contributed by atoms with E-state index >= 15 is 0 Å². The maximum atomic E-state index is 10.4. The summed E-state index contributed by atoms with van der Waals surface area (Å²) in [6, 6.07) is 0. The average Bonchev–Trinajstić information content (AvgIpc) is 2.09. The molecule has 0 aliphatic carbocycles. The van der Waals surface area contributed by atoms with Gasteiger partial charge in [-0.2, -0.15) is 16.8 Å². The van der Waals surface area contributed by atoms with E-state index in [1.807, 2.05) is 6.92 Å². The molecule has 6 nitrogen and oxygen atoms in total. The summed E-state index contributed by atoms with van der Waals surface area (Å²) in [5.74, 6) is -0.189. The molecule has 0 radical (unpaired) electrons. The highest BCUT2D eigenvalue weighted by Gasteiger charge is 2.08. The Morgan fingerprint density at radius 2 is 1.24 bits per heavy atom. The predicted molar refractivity (Wildman–Crippen MR) is 65.1 cm³/mol. The summed E-state index contributed by atoms with van der Waals surface area (Å²) in [5, 5.41) is 0. The molecule has 0 rings (SSSR count). The van der Waals surface area contributed by atoms with Crippen molar-refractivity contribution in [1.29, 1.82) is 0 Å². The first-order valence-electron chi connectivity index (χ1n) is 5.50. The smallest absolute Gasteiger partial charge is 0.264 e. The fourth-order valence-corrected chi connectivity index (χ4v) is 2.64. The molecule has 0 amide bonds. The van der Waals surface area contributed by atoms with Crippen LogP contribution in [0, 0.1) is 5.92 Å². The molecule has 0 aliphatic rings. The minimum absolute atomic E-state index is 0.231. The van der Waals surface area contributed by atoms with Crippen LogP contribution in [0.5, 0.6) is 0 Å². The van der Waals surface area contributed by atoms with Crippen molar-refractivity contribution in [3.63, 3.8) is 0 Å². The van der Waals surface area contributed by atoms with Crippen molar-refractivity contribution >= 4 is 20.2 Å². The topological polar surface area (TPSA) is 109 Å². The van der Waals surface area contributed by atoms with E-state index in [4.69, 9.17) is 9.11 Å². The van der Waals surface area contributed by atoms with E-state index < -0.39 is 20.2 Å². The van der Waals surface area contributed by atoms with Gasteiger partial charge >= 0.3 is 0 Å². The molecule has 2 N–H and O–H groups in total. The van der Waals surface area contributed by atoms with Crippen molar-refractivity contribution in [2.45, 2.75) is 39.0 Å². The van der Waals surface area contributed by atoms with Gasteiger partial charge in [0.1, 0.15) is 0 Å². The maximum Gasteiger partial charge on any atom is 0.264 e. The van der Waals surface area contributed by atoms with E-state index in [-0.39, 0.29) is 17.4 Å². The fourth-order valence-electron chi connectivity index (χ4n) is 1.54. The molecule has 0 fully saturated rings. The molecule has 0 aromatic rings. The van der Waals surface area contributed by atoms with Gasteiger partial charge in [0.15, 0.2) is 0 Å². The molecule has 1 unspecified atom stereocenters. The van der Waals surface area contributed by atoms with Gasteiger partial charge < -0.3 is 0 Å². The van der Waals surface area contributed by atoms with Crippen LogP contribution >= 0.6 is 0 Å². The summed E-state index contributed by atoms with van der Waals surface area (Å²) in [6.07, 6.45) is 2.93. The van der Waals surface area contributed by atoms with E-state index in [2.05, 4.69) is 0 Å². The van der Waals surface area contributed by atoms with Gasteiger partial charge in [-0.25, -0.2) is 0 Å². The molecule has 17 heavy (non-hydrogen) atoms. The second-order valence-electron chi connectivity index (χ2n) is 4.32.